The summed E-state index contributed by atoms with van der Waals surface area (Å²) in [7, 11) is 0. The van der Waals surface area contributed by atoms with Crippen molar-refractivity contribution in [2.45, 2.75) is 6.92 Å². The second-order valence-corrected chi connectivity index (χ2v) is 8.55. The molecule has 2 heterocycles. The minimum atomic E-state index is -0.123. The molecular formula is C22H24ClN3O3S. The maximum absolute atomic E-state index is 13.2. The lowest BCUT2D eigenvalue weighted by Crippen LogP contribution is -2.44. The molecule has 0 bridgehead atoms. The number of amides is 1. The SMILES string of the molecule is Cc1ccccc1OCC(=O)N(CCN1CCOCC1)c1nc2c(Cl)cccc2s1. The van der Waals surface area contributed by atoms with Gasteiger partial charge in [-0.25, -0.2) is 4.98 Å². The van der Waals surface area contributed by atoms with Crippen molar-refractivity contribution in [2.24, 2.45) is 0 Å². The van der Waals surface area contributed by atoms with E-state index >= 15 is 0 Å². The zero-order chi connectivity index (χ0) is 20.9. The minimum absolute atomic E-state index is 0.0440. The molecule has 1 aliphatic rings. The predicted octanol–water partition coefficient (Wildman–Crippen LogP) is 4.00. The number of hydrogen-bond acceptors (Lipinski definition) is 6. The van der Waals surface area contributed by atoms with Gasteiger partial charge in [-0.1, -0.05) is 47.2 Å². The molecule has 1 saturated heterocycles. The fourth-order valence-corrected chi connectivity index (χ4v) is 4.66. The highest BCUT2D eigenvalue weighted by Crippen LogP contribution is 2.33. The van der Waals surface area contributed by atoms with E-state index in [0.29, 0.717) is 22.4 Å². The van der Waals surface area contributed by atoms with E-state index in [1.54, 1.807) is 4.90 Å². The molecule has 2 aromatic carbocycles. The van der Waals surface area contributed by atoms with Crippen molar-refractivity contribution in [3.63, 3.8) is 0 Å². The van der Waals surface area contributed by atoms with Crippen LogP contribution >= 0.6 is 22.9 Å². The lowest BCUT2D eigenvalue weighted by atomic mass is 10.2. The van der Waals surface area contributed by atoms with Crippen molar-refractivity contribution in [1.29, 1.82) is 0 Å². The van der Waals surface area contributed by atoms with Gasteiger partial charge >= 0.3 is 0 Å². The van der Waals surface area contributed by atoms with Gasteiger partial charge in [0.25, 0.3) is 5.91 Å². The summed E-state index contributed by atoms with van der Waals surface area (Å²) in [5.41, 5.74) is 1.72. The van der Waals surface area contributed by atoms with Gasteiger partial charge in [-0.15, -0.1) is 0 Å². The fourth-order valence-electron chi connectivity index (χ4n) is 3.35. The topological polar surface area (TPSA) is 54.9 Å². The Kier molecular flexibility index (Phi) is 6.84. The van der Waals surface area contributed by atoms with E-state index in [9.17, 15) is 4.79 Å². The van der Waals surface area contributed by atoms with Gasteiger partial charge in [-0.2, -0.15) is 0 Å². The average molecular weight is 446 g/mol. The van der Waals surface area contributed by atoms with Crippen LogP contribution in [-0.2, 0) is 9.53 Å². The maximum atomic E-state index is 13.2. The second kappa shape index (κ2) is 9.75. The number of benzene rings is 2. The first-order valence-corrected chi connectivity index (χ1v) is 11.2. The molecular weight excluding hydrogens is 422 g/mol. The van der Waals surface area contributed by atoms with E-state index in [0.717, 1.165) is 48.6 Å². The van der Waals surface area contributed by atoms with E-state index in [4.69, 9.17) is 21.1 Å². The third kappa shape index (κ3) is 4.92. The monoisotopic (exact) mass is 445 g/mol. The van der Waals surface area contributed by atoms with Crippen LogP contribution in [0.4, 0.5) is 5.13 Å². The Morgan fingerprint density at radius 3 is 2.80 bits per heavy atom. The smallest absolute Gasteiger partial charge is 0.266 e. The number of thiazole rings is 1. The number of rotatable bonds is 7. The van der Waals surface area contributed by atoms with Crippen molar-refractivity contribution in [2.75, 3.05) is 50.9 Å². The van der Waals surface area contributed by atoms with Crippen molar-refractivity contribution < 1.29 is 14.3 Å². The number of para-hydroxylation sites is 2. The molecule has 0 unspecified atom stereocenters. The molecule has 0 atom stereocenters. The number of fused-ring (bicyclic) bond motifs is 1. The van der Waals surface area contributed by atoms with Crippen molar-refractivity contribution in [3.05, 3.63) is 53.1 Å². The normalized spacial score (nSPS) is 14.7. The number of nitrogens with zero attached hydrogens (tertiary/aromatic N) is 3. The summed E-state index contributed by atoms with van der Waals surface area (Å²) in [5.74, 6) is 0.591. The van der Waals surface area contributed by atoms with Gasteiger partial charge in [0.05, 0.1) is 22.9 Å². The Morgan fingerprint density at radius 2 is 2.03 bits per heavy atom. The number of aromatic nitrogens is 1. The first-order chi connectivity index (χ1) is 14.6. The van der Waals surface area contributed by atoms with Crippen LogP contribution < -0.4 is 9.64 Å². The highest BCUT2D eigenvalue weighted by Gasteiger charge is 2.22. The zero-order valence-corrected chi connectivity index (χ0v) is 18.4. The molecule has 30 heavy (non-hydrogen) atoms. The summed E-state index contributed by atoms with van der Waals surface area (Å²) in [6.07, 6.45) is 0. The van der Waals surface area contributed by atoms with Crippen LogP contribution in [0, 0.1) is 6.92 Å². The van der Waals surface area contributed by atoms with Gasteiger partial charge in [0.1, 0.15) is 11.3 Å². The van der Waals surface area contributed by atoms with Gasteiger partial charge in [-0.05, 0) is 30.7 Å². The summed E-state index contributed by atoms with van der Waals surface area (Å²) in [4.78, 5) is 21.8. The molecule has 1 amide bonds. The summed E-state index contributed by atoms with van der Waals surface area (Å²) in [5, 5.41) is 1.23. The molecule has 158 valence electrons. The first-order valence-electron chi connectivity index (χ1n) is 9.96. The number of anilines is 1. The molecule has 0 aliphatic carbocycles. The molecule has 8 heteroatoms. The fraction of sp³-hybridized carbons (Fsp3) is 0.364. The molecule has 0 saturated carbocycles. The van der Waals surface area contributed by atoms with Gasteiger partial charge in [0, 0.05) is 26.2 Å². The molecule has 1 aromatic heterocycles. The zero-order valence-electron chi connectivity index (χ0n) is 16.8. The van der Waals surface area contributed by atoms with Crippen LogP contribution in [0.25, 0.3) is 10.2 Å². The van der Waals surface area contributed by atoms with E-state index in [-0.39, 0.29) is 12.5 Å². The minimum Gasteiger partial charge on any atom is -0.483 e. The van der Waals surface area contributed by atoms with E-state index in [1.807, 2.05) is 49.4 Å². The van der Waals surface area contributed by atoms with Crippen molar-refractivity contribution in [1.82, 2.24) is 9.88 Å². The number of hydrogen-bond donors (Lipinski definition) is 0. The molecule has 0 radical (unpaired) electrons. The Bertz CT molecular complexity index is 1020. The average Bonchev–Trinajstić information content (AvgIpc) is 3.19. The number of aryl methyl sites for hydroxylation is 1. The number of ether oxygens (including phenoxy) is 2. The molecule has 3 aromatic rings. The predicted molar refractivity (Wildman–Crippen MR) is 121 cm³/mol. The number of morpholine rings is 1. The standard InChI is InChI=1S/C22H24ClN3O3S/c1-16-5-2-3-7-18(16)29-15-20(27)26(10-9-25-11-13-28-14-12-25)22-24-21-17(23)6-4-8-19(21)30-22/h2-8H,9-15H2,1H3. The van der Waals surface area contributed by atoms with Crippen LogP contribution in [0.3, 0.4) is 0 Å². The Hall–Kier alpha value is -2.19. The third-order valence-corrected chi connectivity index (χ3v) is 6.43. The van der Waals surface area contributed by atoms with Crippen LogP contribution in [0.1, 0.15) is 5.56 Å². The van der Waals surface area contributed by atoms with E-state index in [1.165, 1.54) is 11.3 Å². The third-order valence-electron chi connectivity index (χ3n) is 5.08. The second-order valence-electron chi connectivity index (χ2n) is 7.14. The van der Waals surface area contributed by atoms with Crippen LogP contribution in [-0.4, -0.2) is 61.8 Å². The Balaban J connectivity index is 1.53. The van der Waals surface area contributed by atoms with Gasteiger partial charge in [0.2, 0.25) is 0 Å². The van der Waals surface area contributed by atoms with Gasteiger partial charge in [0.15, 0.2) is 11.7 Å². The molecule has 1 aliphatic heterocycles. The molecule has 4 rings (SSSR count). The summed E-state index contributed by atoms with van der Waals surface area (Å²) in [6, 6.07) is 13.4. The summed E-state index contributed by atoms with van der Waals surface area (Å²) in [6.45, 7) is 6.39. The molecule has 0 spiro atoms. The lowest BCUT2D eigenvalue weighted by molar-refractivity contribution is -0.120. The van der Waals surface area contributed by atoms with Crippen LogP contribution in [0.5, 0.6) is 5.75 Å². The summed E-state index contributed by atoms with van der Waals surface area (Å²) >= 11 is 7.78. The molecule has 1 fully saturated rings. The van der Waals surface area contributed by atoms with E-state index < -0.39 is 0 Å². The van der Waals surface area contributed by atoms with Crippen molar-refractivity contribution >= 4 is 44.2 Å². The van der Waals surface area contributed by atoms with Gasteiger partial charge in [-0.3, -0.25) is 14.6 Å². The summed E-state index contributed by atoms with van der Waals surface area (Å²) < 4.78 is 12.2. The molecule has 0 N–H and O–H groups in total. The number of halogens is 1. The van der Waals surface area contributed by atoms with Crippen LogP contribution in [0.2, 0.25) is 5.02 Å². The van der Waals surface area contributed by atoms with Crippen molar-refractivity contribution in [3.8, 4) is 5.75 Å². The number of carbonyl (C=O) groups excluding carboxylic acids is 1. The lowest BCUT2D eigenvalue weighted by Gasteiger charge is -2.29. The Morgan fingerprint density at radius 1 is 1.23 bits per heavy atom. The van der Waals surface area contributed by atoms with Crippen LogP contribution in [0.15, 0.2) is 42.5 Å². The van der Waals surface area contributed by atoms with Gasteiger partial charge < -0.3 is 9.47 Å². The Labute approximate surface area is 185 Å². The first kappa shape index (κ1) is 21.1. The number of carbonyl (C=O) groups is 1. The van der Waals surface area contributed by atoms with E-state index in [2.05, 4.69) is 9.88 Å². The molecule has 6 nitrogen and oxygen atoms in total. The maximum Gasteiger partial charge on any atom is 0.266 e. The highest BCUT2D eigenvalue weighted by molar-refractivity contribution is 7.22. The quantitative estimate of drug-likeness (QED) is 0.550. The highest BCUT2D eigenvalue weighted by atomic mass is 35.5. The largest absolute Gasteiger partial charge is 0.483 e.